The molecule has 3 rings (SSSR count). The number of pyridine rings is 1. The van der Waals surface area contributed by atoms with E-state index in [1.165, 1.54) is 0 Å². The van der Waals surface area contributed by atoms with Gasteiger partial charge in [-0.15, -0.1) is 0 Å². The van der Waals surface area contributed by atoms with Crippen molar-refractivity contribution in [3.05, 3.63) is 35.6 Å². The third-order valence-corrected chi connectivity index (χ3v) is 3.98. The number of nitrogens with zero attached hydrogens (tertiary/aromatic N) is 1. The average molecular weight is 292 g/mol. The summed E-state index contributed by atoms with van der Waals surface area (Å²) >= 11 is 6.05. The van der Waals surface area contributed by atoms with Crippen molar-refractivity contribution < 1.29 is 9.47 Å². The lowest BCUT2D eigenvalue weighted by Gasteiger charge is -2.19. The van der Waals surface area contributed by atoms with Crippen LogP contribution in [0.1, 0.15) is 26.7 Å². The van der Waals surface area contributed by atoms with Gasteiger partial charge in [0, 0.05) is 11.6 Å². The highest BCUT2D eigenvalue weighted by Crippen LogP contribution is 2.30. The van der Waals surface area contributed by atoms with Crippen LogP contribution < -0.4 is 4.74 Å². The van der Waals surface area contributed by atoms with E-state index in [9.17, 15) is 0 Å². The summed E-state index contributed by atoms with van der Waals surface area (Å²) in [5.74, 6) is 0.841. The minimum Gasteiger partial charge on any atom is -0.491 e. The van der Waals surface area contributed by atoms with Gasteiger partial charge in [0.15, 0.2) is 0 Å². The Balaban J connectivity index is 1.69. The fraction of sp³-hybridized carbons (Fsp3) is 0.438. The van der Waals surface area contributed by atoms with Crippen LogP contribution in [0.5, 0.6) is 5.75 Å². The number of halogens is 1. The van der Waals surface area contributed by atoms with E-state index >= 15 is 0 Å². The van der Waals surface area contributed by atoms with Crippen LogP contribution in [-0.2, 0) is 4.74 Å². The summed E-state index contributed by atoms with van der Waals surface area (Å²) < 4.78 is 11.8. The summed E-state index contributed by atoms with van der Waals surface area (Å²) in [6.07, 6.45) is 4.02. The van der Waals surface area contributed by atoms with E-state index in [1.807, 2.05) is 24.3 Å². The first-order valence-corrected chi connectivity index (χ1v) is 7.26. The molecule has 106 valence electrons. The van der Waals surface area contributed by atoms with Gasteiger partial charge in [0.1, 0.15) is 17.5 Å². The van der Waals surface area contributed by atoms with E-state index in [-0.39, 0.29) is 11.7 Å². The number of benzene rings is 1. The van der Waals surface area contributed by atoms with Crippen molar-refractivity contribution in [3.63, 3.8) is 0 Å². The molecule has 1 aromatic carbocycles. The van der Waals surface area contributed by atoms with Crippen molar-refractivity contribution in [1.29, 1.82) is 0 Å². The lowest BCUT2D eigenvalue weighted by Crippen LogP contribution is -2.23. The lowest BCUT2D eigenvalue weighted by molar-refractivity contribution is -0.0326. The summed E-state index contributed by atoms with van der Waals surface area (Å²) in [6.45, 7) is 4.84. The minimum atomic E-state index is -0.0173. The molecule has 2 heterocycles. The van der Waals surface area contributed by atoms with Crippen LogP contribution in [-0.4, -0.2) is 23.3 Å². The highest BCUT2D eigenvalue weighted by Gasteiger charge is 2.31. The molecule has 0 radical (unpaired) electrons. The third kappa shape index (κ3) is 2.89. The predicted octanol–water partition coefficient (Wildman–Crippen LogP) is 4.22. The quantitative estimate of drug-likeness (QED) is 0.793. The maximum Gasteiger partial charge on any atom is 0.136 e. The normalized spacial score (nSPS) is 21.2. The molecule has 1 atom stereocenters. The number of aromatic nitrogens is 1. The molecule has 1 aromatic heterocycles. The van der Waals surface area contributed by atoms with Gasteiger partial charge in [0.05, 0.1) is 11.7 Å². The molecule has 0 amide bonds. The van der Waals surface area contributed by atoms with Gasteiger partial charge in [0.25, 0.3) is 0 Å². The number of rotatable bonds is 3. The molecule has 1 saturated heterocycles. The highest BCUT2D eigenvalue weighted by atomic mass is 35.5. The van der Waals surface area contributed by atoms with E-state index < -0.39 is 0 Å². The van der Waals surface area contributed by atoms with Gasteiger partial charge in [-0.25, -0.2) is 4.98 Å². The highest BCUT2D eigenvalue weighted by molar-refractivity contribution is 6.34. The number of fused-ring (bicyclic) bond motifs is 1. The first kappa shape index (κ1) is 13.7. The maximum atomic E-state index is 6.05. The zero-order valence-corrected chi connectivity index (χ0v) is 12.5. The van der Waals surface area contributed by atoms with Gasteiger partial charge in [-0.05, 0) is 56.3 Å². The molecule has 0 bridgehead atoms. The van der Waals surface area contributed by atoms with Gasteiger partial charge in [0.2, 0.25) is 0 Å². The number of hydrogen-bond donors (Lipinski definition) is 0. The SMILES string of the molecule is CC1(C)CCC(COc2ccc3c(Cl)nccc3c2)O1. The van der Waals surface area contributed by atoms with E-state index in [2.05, 4.69) is 18.8 Å². The maximum absolute atomic E-state index is 6.05. The second kappa shape index (κ2) is 5.23. The largest absolute Gasteiger partial charge is 0.491 e. The first-order chi connectivity index (χ1) is 9.53. The van der Waals surface area contributed by atoms with E-state index in [1.54, 1.807) is 6.20 Å². The van der Waals surface area contributed by atoms with Crippen molar-refractivity contribution in [2.45, 2.75) is 38.4 Å². The van der Waals surface area contributed by atoms with Crippen LogP contribution in [0, 0.1) is 0 Å². The number of hydrogen-bond acceptors (Lipinski definition) is 3. The van der Waals surface area contributed by atoms with Gasteiger partial charge < -0.3 is 9.47 Å². The monoisotopic (exact) mass is 291 g/mol. The Morgan fingerprint density at radius 1 is 1.40 bits per heavy atom. The van der Waals surface area contributed by atoms with Gasteiger partial charge in [-0.3, -0.25) is 0 Å². The Morgan fingerprint density at radius 3 is 3.00 bits per heavy atom. The van der Waals surface area contributed by atoms with Crippen molar-refractivity contribution >= 4 is 22.4 Å². The molecule has 0 spiro atoms. The molecule has 0 aliphatic carbocycles. The summed E-state index contributed by atoms with van der Waals surface area (Å²) in [6, 6.07) is 7.79. The van der Waals surface area contributed by atoms with Crippen molar-refractivity contribution in [1.82, 2.24) is 4.98 Å². The zero-order valence-electron chi connectivity index (χ0n) is 11.7. The molecular formula is C16H18ClNO2. The second-order valence-electron chi connectivity index (χ2n) is 5.83. The Bertz CT molecular complexity index is 627. The number of ether oxygens (including phenoxy) is 2. The summed E-state index contributed by atoms with van der Waals surface area (Å²) in [4.78, 5) is 4.07. The predicted molar refractivity (Wildman–Crippen MR) is 80.4 cm³/mol. The summed E-state index contributed by atoms with van der Waals surface area (Å²) in [7, 11) is 0. The fourth-order valence-electron chi connectivity index (χ4n) is 2.59. The molecule has 0 N–H and O–H groups in total. The van der Waals surface area contributed by atoms with Crippen LogP contribution in [0.15, 0.2) is 30.5 Å². The fourth-order valence-corrected chi connectivity index (χ4v) is 2.82. The molecule has 1 unspecified atom stereocenters. The van der Waals surface area contributed by atoms with E-state index in [0.717, 1.165) is 29.4 Å². The van der Waals surface area contributed by atoms with Crippen molar-refractivity contribution in [2.75, 3.05) is 6.61 Å². The van der Waals surface area contributed by atoms with Crippen molar-refractivity contribution in [3.8, 4) is 5.75 Å². The molecule has 3 nitrogen and oxygen atoms in total. The first-order valence-electron chi connectivity index (χ1n) is 6.88. The molecule has 1 aliphatic heterocycles. The Labute approximate surface area is 123 Å². The van der Waals surface area contributed by atoms with Crippen molar-refractivity contribution in [2.24, 2.45) is 0 Å². The van der Waals surface area contributed by atoms with Crippen LogP contribution in [0.25, 0.3) is 10.8 Å². The Kier molecular flexibility index (Phi) is 3.57. The smallest absolute Gasteiger partial charge is 0.136 e. The molecule has 1 aliphatic rings. The van der Waals surface area contributed by atoms with Crippen LogP contribution in [0.2, 0.25) is 5.15 Å². The standard InChI is InChI=1S/C16H18ClNO2/c1-16(2)7-5-13(20-16)10-19-12-3-4-14-11(9-12)6-8-18-15(14)17/h3-4,6,8-9,13H,5,7,10H2,1-2H3. The molecular weight excluding hydrogens is 274 g/mol. The minimum absolute atomic E-state index is 0.0173. The average Bonchev–Trinajstić information content (AvgIpc) is 2.76. The summed E-state index contributed by atoms with van der Waals surface area (Å²) in [5, 5.41) is 2.50. The Morgan fingerprint density at radius 2 is 2.25 bits per heavy atom. The third-order valence-electron chi connectivity index (χ3n) is 3.68. The second-order valence-corrected chi connectivity index (χ2v) is 6.19. The molecule has 2 aromatic rings. The van der Waals surface area contributed by atoms with Crippen LogP contribution in [0.4, 0.5) is 0 Å². The topological polar surface area (TPSA) is 31.4 Å². The van der Waals surface area contributed by atoms with Gasteiger partial charge in [-0.1, -0.05) is 11.6 Å². The zero-order chi connectivity index (χ0) is 14.2. The summed E-state index contributed by atoms with van der Waals surface area (Å²) in [5.41, 5.74) is -0.0173. The van der Waals surface area contributed by atoms with Gasteiger partial charge in [-0.2, -0.15) is 0 Å². The molecule has 20 heavy (non-hydrogen) atoms. The van der Waals surface area contributed by atoms with Crippen LogP contribution in [0.3, 0.4) is 0 Å². The van der Waals surface area contributed by atoms with Crippen LogP contribution >= 0.6 is 11.6 Å². The molecule has 0 saturated carbocycles. The van der Waals surface area contributed by atoms with E-state index in [0.29, 0.717) is 11.8 Å². The molecule has 4 heteroatoms. The Hall–Kier alpha value is -1.32. The van der Waals surface area contributed by atoms with E-state index in [4.69, 9.17) is 21.1 Å². The molecule has 1 fully saturated rings. The van der Waals surface area contributed by atoms with Gasteiger partial charge >= 0.3 is 0 Å². The lowest BCUT2D eigenvalue weighted by atomic mass is 10.1.